The van der Waals surface area contributed by atoms with Gasteiger partial charge in [-0.3, -0.25) is 0 Å². The molecular formula is C13H26O3Si. The lowest BCUT2D eigenvalue weighted by Gasteiger charge is -2.37. The van der Waals surface area contributed by atoms with E-state index in [9.17, 15) is 0 Å². The van der Waals surface area contributed by atoms with Crippen molar-refractivity contribution in [3.05, 3.63) is 12.3 Å². The van der Waals surface area contributed by atoms with E-state index in [1.165, 1.54) is 19.3 Å². The summed E-state index contributed by atoms with van der Waals surface area (Å²) in [4.78, 5) is 0. The fourth-order valence-corrected chi connectivity index (χ4v) is 4.82. The predicted octanol–water partition coefficient (Wildman–Crippen LogP) is 3.00. The Hall–Kier alpha value is -0.323. The summed E-state index contributed by atoms with van der Waals surface area (Å²) in [6.45, 7) is 4.39. The van der Waals surface area contributed by atoms with Crippen molar-refractivity contribution in [3.8, 4) is 0 Å². The Morgan fingerprint density at radius 2 is 1.94 bits per heavy atom. The second-order valence-electron chi connectivity index (χ2n) is 4.79. The van der Waals surface area contributed by atoms with Crippen LogP contribution in [0.5, 0.6) is 0 Å². The first-order valence-corrected chi connectivity index (χ1v) is 8.21. The summed E-state index contributed by atoms with van der Waals surface area (Å²) in [7, 11) is 1.94. The van der Waals surface area contributed by atoms with E-state index >= 15 is 0 Å². The summed E-state index contributed by atoms with van der Waals surface area (Å²) in [5.41, 5.74) is 0.468. The van der Waals surface area contributed by atoms with Crippen molar-refractivity contribution in [1.82, 2.24) is 0 Å². The molecule has 1 rings (SSSR count). The maximum absolute atomic E-state index is 5.93. The highest BCUT2D eigenvalue weighted by Crippen LogP contribution is 2.38. The average molecular weight is 258 g/mol. The normalized spacial score (nSPS) is 30.1. The van der Waals surface area contributed by atoms with Gasteiger partial charge < -0.3 is 13.6 Å². The van der Waals surface area contributed by atoms with Crippen LogP contribution in [-0.2, 0) is 13.6 Å². The topological polar surface area (TPSA) is 27.7 Å². The fourth-order valence-electron chi connectivity index (χ4n) is 2.64. The van der Waals surface area contributed by atoms with E-state index in [-0.39, 0.29) is 6.10 Å². The quantitative estimate of drug-likeness (QED) is 0.541. The molecule has 0 heterocycles. The van der Waals surface area contributed by atoms with Crippen LogP contribution in [0, 0.1) is 5.92 Å². The molecule has 0 N–H and O–H groups in total. The molecule has 0 aromatic carbocycles. The zero-order valence-electron chi connectivity index (χ0n) is 11.5. The van der Waals surface area contributed by atoms with Gasteiger partial charge in [0.1, 0.15) is 6.10 Å². The lowest BCUT2D eigenvalue weighted by molar-refractivity contribution is 0.0471. The molecule has 3 atom stereocenters. The largest absolute Gasteiger partial charge is 0.498 e. The number of allylic oxidation sites excluding steroid dienone is 1. The second kappa shape index (κ2) is 7.90. The number of hydrogen-bond donors (Lipinski definition) is 0. The predicted molar refractivity (Wildman–Crippen MR) is 72.2 cm³/mol. The Labute approximate surface area is 107 Å². The molecule has 17 heavy (non-hydrogen) atoms. The third-order valence-corrected chi connectivity index (χ3v) is 5.90. The molecule has 0 aromatic heterocycles. The zero-order chi connectivity index (χ0) is 12.7. The third-order valence-electron chi connectivity index (χ3n) is 3.56. The van der Waals surface area contributed by atoms with Crippen molar-refractivity contribution in [2.45, 2.75) is 51.2 Å². The van der Waals surface area contributed by atoms with E-state index in [2.05, 4.69) is 19.9 Å². The first kappa shape index (κ1) is 14.7. The van der Waals surface area contributed by atoms with Crippen LogP contribution in [0.25, 0.3) is 0 Å². The van der Waals surface area contributed by atoms with E-state index in [1.54, 1.807) is 14.2 Å². The Bertz CT molecular complexity index is 229. The number of hydrogen-bond acceptors (Lipinski definition) is 3. The SMILES string of the molecule is CCC=COC1C(C)CCCC1[SiH](OC)OC. The van der Waals surface area contributed by atoms with E-state index in [1.807, 2.05) is 6.26 Å². The highest BCUT2D eigenvalue weighted by Gasteiger charge is 2.39. The highest BCUT2D eigenvalue weighted by molar-refractivity contribution is 6.46. The molecule has 4 heteroatoms. The molecule has 100 valence electrons. The van der Waals surface area contributed by atoms with Crippen LogP contribution in [0.4, 0.5) is 0 Å². The van der Waals surface area contributed by atoms with Gasteiger partial charge in [0.15, 0.2) is 0 Å². The van der Waals surface area contributed by atoms with Gasteiger partial charge >= 0.3 is 9.28 Å². The van der Waals surface area contributed by atoms with Crippen LogP contribution in [0.2, 0.25) is 5.54 Å². The number of ether oxygens (including phenoxy) is 1. The van der Waals surface area contributed by atoms with Crippen LogP contribution >= 0.6 is 0 Å². The molecule has 0 aromatic rings. The minimum Gasteiger partial charge on any atom is -0.498 e. The van der Waals surface area contributed by atoms with Crippen LogP contribution in [-0.4, -0.2) is 29.6 Å². The molecule has 0 bridgehead atoms. The van der Waals surface area contributed by atoms with Gasteiger partial charge in [0.05, 0.1) is 6.26 Å². The van der Waals surface area contributed by atoms with E-state index in [4.69, 9.17) is 13.6 Å². The molecule has 1 aliphatic carbocycles. The first-order chi connectivity index (χ1) is 8.24. The van der Waals surface area contributed by atoms with Crippen molar-refractivity contribution in [1.29, 1.82) is 0 Å². The van der Waals surface area contributed by atoms with E-state index in [0.29, 0.717) is 11.5 Å². The van der Waals surface area contributed by atoms with Crippen LogP contribution in [0.15, 0.2) is 12.3 Å². The van der Waals surface area contributed by atoms with Gasteiger partial charge in [0, 0.05) is 19.8 Å². The first-order valence-electron chi connectivity index (χ1n) is 6.60. The monoisotopic (exact) mass is 258 g/mol. The average Bonchev–Trinajstić information content (AvgIpc) is 2.34. The molecule has 0 aliphatic heterocycles. The van der Waals surface area contributed by atoms with Gasteiger partial charge in [-0.15, -0.1) is 0 Å². The molecule has 1 fully saturated rings. The summed E-state index contributed by atoms with van der Waals surface area (Å²) in [6, 6.07) is 0. The Morgan fingerprint density at radius 3 is 2.53 bits per heavy atom. The second-order valence-corrected chi connectivity index (χ2v) is 7.33. The molecular weight excluding hydrogens is 232 g/mol. The van der Waals surface area contributed by atoms with Crippen LogP contribution < -0.4 is 0 Å². The van der Waals surface area contributed by atoms with Crippen molar-refractivity contribution in [2.24, 2.45) is 5.92 Å². The molecule has 0 radical (unpaired) electrons. The lowest BCUT2D eigenvalue weighted by atomic mass is 9.87. The minimum atomic E-state index is -1.58. The van der Waals surface area contributed by atoms with Gasteiger partial charge in [-0.25, -0.2) is 0 Å². The van der Waals surface area contributed by atoms with Gasteiger partial charge in [-0.1, -0.05) is 26.3 Å². The molecule has 1 saturated carbocycles. The molecule has 3 unspecified atom stereocenters. The Kier molecular flexibility index (Phi) is 6.85. The summed E-state index contributed by atoms with van der Waals surface area (Å²) < 4.78 is 17.0. The lowest BCUT2D eigenvalue weighted by Crippen LogP contribution is -2.40. The standard InChI is InChI=1S/C13H26O3Si/c1-5-6-10-16-13-11(2)8-7-9-12(13)17(14-3)15-4/h6,10-13,17H,5,7-9H2,1-4H3. The molecule has 0 saturated heterocycles. The summed E-state index contributed by atoms with van der Waals surface area (Å²) in [5.74, 6) is 0.593. The van der Waals surface area contributed by atoms with Crippen molar-refractivity contribution in [3.63, 3.8) is 0 Å². The molecule has 3 nitrogen and oxygen atoms in total. The fraction of sp³-hybridized carbons (Fsp3) is 0.846. The van der Waals surface area contributed by atoms with E-state index in [0.717, 1.165) is 6.42 Å². The van der Waals surface area contributed by atoms with Gasteiger partial charge in [-0.05, 0) is 25.2 Å². The summed E-state index contributed by atoms with van der Waals surface area (Å²) >= 11 is 0. The van der Waals surface area contributed by atoms with Crippen molar-refractivity contribution >= 4 is 9.28 Å². The summed E-state index contributed by atoms with van der Waals surface area (Å²) in [6.07, 6.45) is 8.89. The van der Waals surface area contributed by atoms with E-state index < -0.39 is 9.28 Å². The smallest absolute Gasteiger partial charge is 0.327 e. The van der Waals surface area contributed by atoms with Crippen LogP contribution in [0.3, 0.4) is 0 Å². The van der Waals surface area contributed by atoms with Crippen LogP contribution in [0.1, 0.15) is 39.5 Å². The van der Waals surface area contributed by atoms with Crippen molar-refractivity contribution in [2.75, 3.05) is 14.2 Å². The maximum Gasteiger partial charge on any atom is 0.327 e. The minimum absolute atomic E-state index is 0.267. The molecule has 0 spiro atoms. The maximum atomic E-state index is 5.93. The molecule has 0 amide bonds. The van der Waals surface area contributed by atoms with Gasteiger partial charge in [0.25, 0.3) is 0 Å². The zero-order valence-corrected chi connectivity index (χ0v) is 12.7. The van der Waals surface area contributed by atoms with Crippen molar-refractivity contribution < 1.29 is 13.6 Å². The molecule has 1 aliphatic rings. The Morgan fingerprint density at radius 1 is 1.24 bits per heavy atom. The van der Waals surface area contributed by atoms with Gasteiger partial charge in [-0.2, -0.15) is 0 Å². The third kappa shape index (κ3) is 4.12. The highest BCUT2D eigenvalue weighted by atomic mass is 28.3. The Balaban J connectivity index is 2.65. The summed E-state index contributed by atoms with van der Waals surface area (Å²) in [5, 5.41) is 0. The number of rotatable bonds is 6. The van der Waals surface area contributed by atoms with Gasteiger partial charge in [0.2, 0.25) is 0 Å².